The quantitative estimate of drug-likeness (QED) is 0.0234. The molecule has 0 rings (SSSR count). The van der Waals surface area contributed by atoms with Gasteiger partial charge in [-0.05, 0) is 70.6 Å². The normalized spacial score (nSPS) is 15.1. The van der Waals surface area contributed by atoms with E-state index in [-0.39, 0.29) is 19.6 Å². The summed E-state index contributed by atoms with van der Waals surface area (Å²) in [4.78, 5) is 22.7. The Balaban J connectivity index is 4.43. The molecule has 0 radical (unpaired) electrons. The Morgan fingerprint density at radius 3 is 1.54 bits per heavy atom. The molecule has 0 aliphatic heterocycles. The van der Waals surface area contributed by atoms with E-state index < -0.39 is 38.6 Å². The van der Waals surface area contributed by atoms with E-state index in [1.54, 1.807) is 6.08 Å². The third-order valence-electron chi connectivity index (χ3n) is 9.41. The van der Waals surface area contributed by atoms with Crippen molar-refractivity contribution in [3.63, 3.8) is 0 Å². The summed E-state index contributed by atoms with van der Waals surface area (Å²) < 4.78 is 22.0. The third kappa shape index (κ3) is 37.3. The van der Waals surface area contributed by atoms with Crippen LogP contribution in [0.5, 0.6) is 0 Å². The molecule has 0 bridgehead atoms. The number of hydrogen-bond donors (Lipinski definition) is 5. The first kappa shape index (κ1) is 52.4. The monoisotopic (exact) mass is 783 g/mol. The van der Waals surface area contributed by atoms with E-state index >= 15 is 0 Å². The predicted octanol–water partition coefficient (Wildman–Crippen LogP) is 11.1. The first-order valence-corrected chi connectivity index (χ1v) is 23.3. The maximum Gasteiger partial charge on any atom is 0.472 e. The van der Waals surface area contributed by atoms with Gasteiger partial charge in [0.15, 0.2) is 0 Å². The van der Waals surface area contributed by atoms with Gasteiger partial charge >= 0.3 is 7.82 Å². The molecule has 54 heavy (non-hydrogen) atoms. The SMILES string of the molecule is CCCCCCCC/C=C\CCCCCCCC(O)CC(=O)NC(COP(=O)(O)OCCN)C(O)/C=C/CC/C=C/CC/C=C/CCCCCCCCC. The molecule has 1 amide bonds. The van der Waals surface area contributed by atoms with Gasteiger partial charge in [-0.25, -0.2) is 4.57 Å². The number of hydrogen-bond acceptors (Lipinski definition) is 7. The Kier molecular flexibility index (Phi) is 38.5. The van der Waals surface area contributed by atoms with E-state index in [1.807, 2.05) is 6.08 Å². The molecule has 0 aromatic heterocycles. The number of allylic oxidation sites excluding steroid dienone is 7. The minimum Gasteiger partial charge on any atom is -0.393 e. The molecular formula is C44H83N2O7P. The van der Waals surface area contributed by atoms with Crippen LogP contribution in [0.25, 0.3) is 0 Å². The summed E-state index contributed by atoms with van der Waals surface area (Å²) in [5, 5.41) is 24.0. The van der Waals surface area contributed by atoms with E-state index in [2.05, 4.69) is 55.6 Å². The van der Waals surface area contributed by atoms with Gasteiger partial charge < -0.3 is 26.2 Å². The lowest BCUT2D eigenvalue weighted by molar-refractivity contribution is -0.124. The molecular weight excluding hydrogens is 699 g/mol. The average Bonchev–Trinajstić information content (AvgIpc) is 3.15. The van der Waals surface area contributed by atoms with Gasteiger partial charge in [0.2, 0.25) is 5.91 Å². The second-order valence-corrected chi connectivity index (χ2v) is 16.2. The summed E-state index contributed by atoms with van der Waals surface area (Å²) in [7, 11) is -4.41. The van der Waals surface area contributed by atoms with Gasteiger partial charge in [0, 0.05) is 6.54 Å². The highest BCUT2D eigenvalue weighted by atomic mass is 31.2. The van der Waals surface area contributed by atoms with Crippen LogP contribution in [0.15, 0.2) is 48.6 Å². The fourth-order valence-corrected chi connectivity index (χ4v) is 6.84. The summed E-state index contributed by atoms with van der Waals surface area (Å²) in [6, 6.07) is -1.01. The number of amides is 1. The van der Waals surface area contributed by atoms with Crippen molar-refractivity contribution in [3.8, 4) is 0 Å². The summed E-state index contributed by atoms with van der Waals surface area (Å²) in [6.07, 6.45) is 44.8. The Morgan fingerprint density at radius 2 is 1.06 bits per heavy atom. The molecule has 0 heterocycles. The molecule has 0 aliphatic carbocycles. The number of aliphatic hydroxyl groups excluding tert-OH is 2. The predicted molar refractivity (Wildman–Crippen MR) is 227 cm³/mol. The Hall–Kier alpha value is -1.58. The fraction of sp³-hybridized carbons (Fsp3) is 0.795. The van der Waals surface area contributed by atoms with Crippen molar-refractivity contribution in [1.82, 2.24) is 5.32 Å². The number of phosphoric ester groups is 1. The van der Waals surface area contributed by atoms with Crippen molar-refractivity contribution in [2.45, 2.75) is 205 Å². The zero-order valence-electron chi connectivity index (χ0n) is 34.6. The molecule has 0 saturated carbocycles. The molecule has 0 spiro atoms. The van der Waals surface area contributed by atoms with Gasteiger partial charge in [-0.1, -0.05) is 159 Å². The van der Waals surface area contributed by atoms with Gasteiger partial charge in [0.05, 0.1) is 37.9 Å². The van der Waals surface area contributed by atoms with Crippen molar-refractivity contribution in [3.05, 3.63) is 48.6 Å². The molecule has 0 fully saturated rings. The number of unbranched alkanes of at least 4 members (excludes halogenated alkanes) is 20. The second-order valence-electron chi connectivity index (χ2n) is 14.7. The van der Waals surface area contributed by atoms with Crippen molar-refractivity contribution in [1.29, 1.82) is 0 Å². The summed E-state index contributed by atoms with van der Waals surface area (Å²) in [6.45, 7) is 3.92. The van der Waals surface area contributed by atoms with Crippen LogP contribution in [0.4, 0.5) is 0 Å². The van der Waals surface area contributed by atoms with Crippen molar-refractivity contribution < 1.29 is 33.5 Å². The van der Waals surface area contributed by atoms with Crippen LogP contribution in [0.3, 0.4) is 0 Å². The second kappa shape index (κ2) is 39.6. The van der Waals surface area contributed by atoms with Gasteiger partial charge in [-0.3, -0.25) is 13.8 Å². The minimum atomic E-state index is -4.41. The van der Waals surface area contributed by atoms with Gasteiger partial charge in [0.1, 0.15) is 0 Å². The molecule has 0 aromatic carbocycles. The van der Waals surface area contributed by atoms with Gasteiger partial charge in [-0.2, -0.15) is 0 Å². The van der Waals surface area contributed by atoms with E-state index in [4.69, 9.17) is 14.8 Å². The summed E-state index contributed by atoms with van der Waals surface area (Å²) >= 11 is 0. The Labute approximate surface area is 331 Å². The first-order valence-electron chi connectivity index (χ1n) is 21.8. The number of rotatable bonds is 40. The van der Waals surface area contributed by atoms with E-state index in [0.717, 1.165) is 57.8 Å². The largest absolute Gasteiger partial charge is 0.472 e. The highest BCUT2D eigenvalue weighted by Crippen LogP contribution is 2.43. The number of phosphoric acid groups is 1. The van der Waals surface area contributed by atoms with Crippen LogP contribution in [0, 0.1) is 0 Å². The fourth-order valence-electron chi connectivity index (χ4n) is 6.08. The van der Waals surface area contributed by atoms with Crippen LogP contribution in [0.1, 0.15) is 187 Å². The number of carbonyl (C=O) groups excluding carboxylic acids is 1. The molecule has 9 nitrogen and oxygen atoms in total. The number of nitrogens with two attached hydrogens (primary N) is 1. The zero-order valence-corrected chi connectivity index (χ0v) is 35.5. The highest BCUT2D eigenvalue weighted by molar-refractivity contribution is 7.47. The van der Waals surface area contributed by atoms with Crippen LogP contribution in [0.2, 0.25) is 0 Å². The molecule has 316 valence electrons. The molecule has 0 aliphatic rings. The lowest BCUT2D eigenvalue weighted by Crippen LogP contribution is -2.46. The number of carbonyl (C=O) groups is 1. The Morgan fingerprint density at radius 1 is 0.630 bits per heavy atom. The Bertz CT molecular complexity index is 1000. The van der Waals surface area contributed by atoms with Crippen LogP contribution in [-0.4, -0.2) is 59.0 Å². The van der Waals surface area contributed by atoms with Crippen LogP contribution < -0.4 is 11.1 Å². The highest BCUT2D eigenvalue weighted by Gasteiger charge is 2.27. The molecule has 4 atom stereocenters. The van der Waals surface area contributed by atoms with Gasteiger partial charge in [0.25, 0.3) is 0 Å². The van der Waals surface area contributed by atoms with Crippen molar-refractivity contribution in [2.24, 2.45) is 5.73 Å². The van der Waals surface area contributed by atoms with Crippen LogP contribution in [-0.2, 0) is 18.4 Å². The maximum atomic E-state index is 12.8. The van der Waals surface area contributed by atoms with E-state index in [1.165, 1.54) is 96.3 Å². The lowest BCUT2D eigenvalue weighted by Gasteiger charge is -2.24. The van der Waals surface area contributed by atoms with Gasteiger partial charge in [-0.15, -0.1) is 0 Å². The maximum absolute atomic E-state index is 12.8. The smallest absolute Gasteiger partial charge is 0.393 e. The van der Waals surface area contributed by atoms with Crippen molar-refractivity contribution in [2.75, 3.05) is 19.8 Å². The summed E-state index contributed by atoms with van der Waals surface area (Å²) in [5.41, 5.74) is 5.36. The van der Waals surface area contributed by atoms with E-state index in [0.29, 0.717) is 12.8 Å². The topological polar surface area (TPSA) is 151 Å². The molecule has 10 heteroatoms. The zero-order chi connectivity index (χ0) is 39.8. The average molecular weight is 783 g/mol. The number of aliphatic hydroxyl groups is 2. The third-order valence-corrected chi connectivity index (χ3v) is 10.4. The summed E-state index contributed by atoms with van der Waals surface area (Å²) in [5.74, 6) is -0.466. The minimum absolute atomic E-state index is 0.0402. The molecule has 4 unspecified atom stereocenters. The first-order chi connectivity index (χ1) is 26.3. The molecule has 6 N–H and O–H groups in total. The van der Waals surface area contributed by atoms with Crippen LogP contribution >= 0.6 is 7.82 Å². The standard InChI is InChI=1S/C44H83N2O7P/c1-3-5-7-9-11-13-15-17-19-20-22-24-26-28-30-32-34-36-43(48)42(40-53-54(50,51)52-38-37-45)46-44(49)39-41(47)35-33-31-29-27-25-23-21-18-16-14-12-10-8-6-4-2/h18-21,26,28,34,36,41-43,47-48H,3-17,22-25,27,29-33,35,37-40,45H2,1-2H3,(H,46,49)(H,50,51)/b20-19+,21-18-,28-26+,36-34+. The molecule has 0 aromatic rings. The van der Waals surface area contributed by atoms with E-state index in [9.17, 15) is 24.5 Å². The molecule has 0 saturated heterocycles. The lowest BCUT2D eigenvalue weighted by atomic mass is 10.0. The number of nitrogens with one attached hydrogen (secondary N) is 1. The van der Waals surface area contributed by atoms with Crippen molar-refractivity contribution >= 4 is 13.7 Å².